The van der Waals surface area contributed by atoms with Crippen LogP contribution < -0.4 is 0 Å². The zero-order chi connectivity index (χ0) is 11.4. The number of hydrogen-bond acceptors (Lipinski definition) is 2. The first-order chi connectivity index (χ1) is 7.00. The van der Waals surface area contributed by atoms with E-state index in [-0.39, 0.29) is 6.10 Å². The van der Waals surface area contributed by atoms with Crippen LogP contribution in [0.15, 0.2) is 0 Å². The summed E-state index contributed by atoms with van der Waals surface area (Å²) < 4.78 is 5.62. The Balaban J connectivity index is 2.35. The Kier molecular flexibility index (Phi) is 5.07. The fourth-order valence-electron chi connectivity index (χ4n) is 2.51. The first-order valence-corrected chi connectivity index (χ1v) is 6.30. The van der Waals surface area contributed by atoms with E-state index in [0.29, 0.717) is 23.9 Å². The van der Waals surface area contributed by atoms with E-state index in [1.165, 1.54) is 6.42 Å². The van der Waals surface area contributed by atoms with Gasteiger partial charge in [0.15, 0.2) is 0 Å². The Morgan fingerprint density at radius 2 is 1.93 bits per heavy atom. The second kappa shape index (κ2) is 5.86. The maximum Gasteiger partial charge on any atom is 0.0574 e. The first-order valence-electron chi connectivity index (χ1n) is 6.30. The Morgan fingerprint density at radius 3 is 2.47 bits per heavy atom. The van der Waals surface area contributed by atoms with E-state index in [9.17, 15) is 5.11 Å². The van der Waals surface area contributed by atoms with E-state index in [2.05, 4.69) is 27.7 Å². The lowest BCUT2D eigenvalue weighted by Crippen LogP contribution is -2.34. The highest BCUT2D eigenvalue weighted by Crippen LogP contribution is 2.33. The van der Waals surface area contributed by atoms with Crippen LogP contribution in [0.3, 0.4) is 0 Å². The van der Waals surface area contributed by atoms with Crippen LogP contribution in [0, 0.1) is 17.8 Å². The molecule has 2 heteroatoms. The summed E-state index contributed by atoms with van der Waals surface area (Å²) in [4.78, 5) is 0. The molecule has 0 aromatic carbocycles. The van der Waals surface area contributed by atoms with Crippen molar-refractivity contribution in [3.05, 3.63) is 0 Å². The number of aliphatic hydroxyl groups excluding tert-OH is 1. The van der Waals surface area contributed by atoms with Gasteiger partial charge in [0.2, 0.25) is 0 Å². The molecule has 2 nitrogen and oxygen atoms in total. The van der Waals surface area contributed by atoms with Gasteiger partial charge in [0.25, 0.3) is 0 Å². The summed E-state index contributed by atoms with van der Waals surface area (Å²) in [6.07, 6.45) is 3.57. The Morgan fingerprint density at radius 1 is 1.27 bits per heavy atom. The van der Waals surface area contributed by atoms with Gasteiger partial charge in [-0.1, -0.05) is 20.3 Å². The maximum atomic E-state index is 10.0. The van der Waals surface area contributed by atoms with E-state index in [1.807, 2.05) is 0 Å². The third-order valence-corrected chi connectivity index (χ3v) is 3.55. The quantitative estimate of drug-likeness (QED) is 0.779. The van der Waals surface area contributed by atoms with Crippen molar-refractivity contribution in [1.29, 1.82) is 0 Å². The van der Waals surface area contributed by atoms with Gasteiger partial charge >= 0.3 is 0 Å². The number of hydrogen-bond donors (Lipinski definition) is 1. The smallest absolute Gasteiger partial charge is 0.0574 e. The first kappa shape index (κ1) is 13.0. The molecule has 1 fully saturated rings. The van der Waals surface area contributed by atoms with E-state index in [4.69, 9.17) is 4.74 Å². The lowest BCUT2D eigenvalue weighted by Gasteiger charge is -2.35. The topological polar surface area (TPSA) is 29.5 Å². The summed E-state index contributed by atoms with van der Waals surface area (Å²) >= 11 is 0. The number of rotatable bonds is 4. The van der Waals surface area contributed by atoms with Gasteiger partial charge in [-0.3, -0.25) is 0 Å². The van der Waals surface area contributed by atoms with Crippen molar-refractivity contribution in [2.24, 2.45) is 17.8 Å². The molecule has 0 aliphatic heterocycles. The van der Waals surface area contributed by atoms with Crippen LogP contribution in [0.2, 0.25) is 0 Å². The van der Waals surface area contributed by atoms with Crippen LogP contribution in [0.1, 0.15) is 47.0 Å². The molecule has 0 saturated heterocycles. The lowest BCUT2D eigenvalue weighted by molar-refractivity contribution is -0.0203. The highest BCUT2D eigenvalue weighted by atomic mass is 16.5. The van der Waals surface area contributed by atoms with Gasteiger partial charge in [-0.15, -0.1) is 0 Å². The molecule has 15 heavy (non-hydrogen) atoms. The number of ether oxygens (including phenoxy) is 1. The van der Waals surface area contributed by atoms with Crippen LogP contribution in [0.25, 0.3) is 0 Å². The third kappa shape index (κ3) is 4.12. The predicted octanol–water partition coefficient (Wildman–Crippen LogP) is 2.84. The van der Waals surface area contributed by atoms with Crippen LogP contribution >= 0.6 is 0 Å². The molecular weight excluding hydrogens is 188 g/mol. The summed E-state index contributed by atoms with van der Waals surface area (Å²) in [6.45, 7) is 9.34. The largest absolute Gasteiger partial charge is 0.393 e. The van der Waals surface area contributed by atoms with E-state index in [1.54, 1.807) is 0 Å². The molecule has 0 spiro atoms. The summed E-state index contributed by atoms with van der Waals surface area (Å²) in [5.41, 5.74) is 0. The van der Waals surface area contributed by atoms with Crippen molar-refractivity contribution >= 4 is 0 Å². The Labute approximate surface area is 94.0 Å². The van der Waals surface area contributed by atoms with Crippen molar-refractivity contribution in [3.8, 4) is 0 Å². The van der Waals surface area contributed by atoms with E-state index >= 15 is 0 Å². The van der Waals surface area contributed by atoms with Crippen LogP contribution in [-0.4, -0.2) is 23.9 Å². The predicted molar refractivity (Wildman–Crippen MR) is 62.8 cm³/mol. The van der Waals surface area contributed by atoms with Crippen LogP contribution in [-0.2, 0) is 4.74 Å². The molecule has 1 aliphatic carbocycles. The maximum absolute atomic E-state index is 10.0. The summed E-state index contributed by atoms with van der Waals surface area (Å²) in [5, 5.41) is 10.0. The fourth-order valence-corrected chi connectivity index (χ4v) is 2.51. The minimum atomic E-state index is -0.112. The molecule has 0 bridgehead atoms. The third-order valence-electron chi connectivity index (χ3n) is 3.55. The molecule has 0 radical (unpaired) electrons. The van der Waals surface area contributed by atoms with Crippen molar-refractivity contribution in [3.63, 3.8) is 0 Å². The van der Waals surface area contributed by atoms with Gasteiger partial charge < -0.3 is 9.84 Å². The standard InChI is InChI=1S/C13H26O2/c1-9(2)15-8-11(4)12-6-5-10(3)7-13(12)14/h9-14H,5-8H2,1-4H3/t10-,11?,12+,13-/m1/s1. The minimum absolute atomic E-state index is 0.112. The Hall–Kier alpha value is -0.0800. The highest BCUT2D eigenvalue weighted by molar-refractivity contribution is 4.81. The lowest BCUT2D eigenvalue weighted by atomic mass is 9.75. The SMILES string of the molecule is CC(C)OCC(C)[C@@H]1CC[C@@H](C)C[C@H]1O. The van der Waals surface area contributed by atoms with Gasteiger partial charge in [0.1, 0.15) is 0 Å². The minimum Gasteiger partial charge on any atom is -0.393 e. The molecule has 1 saturated carbocycles. The summed E-state index contributed by atoms with van der Waals surface area (Å²) in [6, 6.07) is 0. The van der Waals surface area contributed by atoms with Crippen molar-refractivity contribution < 1.29 is 9.84 Å². The van der Waals surface area contributed by atoms with Crippen molar-refractivity contribution in [1.82, 2.24) is 0 Å². The fraction of sp³-hybridized carbons (Fsp3) is 1.00. The molecule has 1 rings (SSSR count). The van der Waals surface area contributed by atoms with E-state index < -0.39 is 0 Å². The molecule has 90 valence electrons. The molecule has 4 atom stereocenters. The molecule has 0 aromatic rings. The van der Waals surface area contributed by atoms with Gasteiger partial charge in [-0.25, -0.2) is 0 Å². The zero-order valence-corrected chi connectivity index (χ0v) is 10.6. The van der Waals surface area contributed by atoms with E-state index in [0.717, 1.165) is 19.4 Å². The summed E-state index contributed by atoms with van der Waals surface area (Å²) in [5.74, 6) is 1.62. The second-order valence-electron chi connectivity index (χ2n) is 5.51. The molecule has 0 amide bonds. The van der Waals surface area contributed by atoms with Crippen LogP contribution in [0.4, 0.5) is 0 Å². The van der Waals surface area contributed by atoms with Gasteiger partial charge in [-0.05, 0) is 44.4 Å². The highest BCUT2D eigenvalue weighted by Gasteiger charge is 2.30. The Bertz CT molecular complexity index is 179. The molecule has 1 N–H and O–H groups in total. The molecule has 1 aliphatic rings. The van der Waals surface area contributed by atoms with Crippen LogP contribution in [0.5, 0.6) is 0 Å². The average Bonchev–Trinajstić information content (AvgIpc) is 2.14. The molecule has 0 aromatic heterocycles. The molecule has 1 unspecified atom stereocenters. The monoisotopic (exact) mass is 214 g/mol. The van der Waals surface area contributed by atoms with Crippen molar-refractivity contribution in [2.45, 2.75) is 59.2 Å². The van der Waals surface area contributed by atoms with Gasteiger partial charge in [0, 0.05) is 6.61 Å². The number of aliphatic hydroxyl groups is 1. The second-order valence-corrected chi connectivity index (χ2v) is 5.51. The van der Waals surface area contributed by atoms with Gasteiger partial charge in [-0.2, -0.15) is 0 Å². The van der Waals surface area contributed by atoms with Gasteiger partial charge in [0.05, 0.1) is 12.2 Å². The molecular formula is C13H26O2. The zero-order valence-electron chi connectivity index (χ0n) is 10.6. The summed E-state index contributed by atoms with van der Waals surface area (Å²) in [7, 11) is 0. The molecule has 0 heterocycles. The van der Waals surface area contributed by atoms with Crippen molar-refractivity contribution in [2.75, 3.05) is 6.61 Å². The average molecular weight is 214 g/mol. The normalized spacial score (nSPS) is 34.4.